The van der Waals surface area contributed by atoms with Gasteiger partial charge in [-0.05, 0) is 12.3 Å². The summed E-state index contributed by atoms with van der Waals surface area (Å²) in [6.45, 7) is 4.47. The fourth-order valence-corrected chi connectivity index (χ4v) is 0.957. The molecule has 3 N–H and O–H groups in total. The van der Waals surface area contributed by atoms with Gasteiger partial charge in [0.05, 0.1) is 0 Å². The lowest BCUT2D eigenvalue weighted by Gasteiger charge is -2.01. The SMILES string of the molecule is CC(C)CCCCCC=O.N. The summed E-state index contributed by atoms with van der Waals surface area (Å²) in [4.78, 5) is 9.90. The van der Waals surface area contributed by atoms with E-state index < -0.39 is 0 Å². The first-order chi connectivity index (χ1) is 4.77. The Morgan fingerprint density at radius 3 is 2.27 bits per heavy atom. The lowest BCUT2D eigenvalue weighted by atomic mass is 10.0. The molecule has 2 nitrogen and oxygen atoms in total. The molecule has 0 aliphatic heterocycles. The molecule has 0 amide bonds. The van der Waals surface area contributed by atoms with E-state index in [1.54, 1.807) is 0 Å². The molecule has 0 aliphatic rings. The van der Waals surface area contributed by atoms with E-state index in [2.05, 4.69) is 13.8 Å². The summed E-state index contributed by atoms with van der Waals surface area (Å²) in [6.07, 6.45) is 6.64. The van der Waals surface area contributed by atoms with Crippen LogP contribution in [0.5, 0.6) is 0 Å². The Morgan fingerprint density at radius 1 is 1.18 bits per heavy atom. The Hall–Kier alpha value is -0.370. The van der Waals surface area contributed by atoms with Gasteiger partial charge < -0.3 is 10.9 Å². The second-order valence-electron chi connectivity index (χ2n) is 3.20. The van der Waals surface area contributed by atoms with Gasteiger partial charge in [-0.2, -0.15) is 0 Å². The number of unbranched alkanes of at least 4 members (excludes halogenated alkanes) is 3. The van der Waals surface area contributed by atoms with E-state index in [0.717, 1.165) is 25.0 Å². The van der Waals surface area contributed by atoms with Crippen molar-refractivity contribution in [1.29, 1.82) is 0 Å². The first-order valence-electron chi connectivity index (χ1n) is 4.21. The van der Waals surface area contributed by atoms with Gasteiger partial charge in [-0.15, -0.1) is 0 Å². The Balaban J connectivity index is 0. The molecule has 0 radical (unpaired) electrons. The molecule has 0 spiro atoms. The van der Waals surface area contributed by atoms with Crippen LogP contribution in [-0.4, -0.2) is 6.29 Å². The fraction of sp³-hybridized carbons (Fsp3) is 0.889. The van der Waals surface area contributed by atoms with E-state index >= 15 is 0 Å². The zero-order valence-electron chi connectivity index (χ0n) is 7.81. The Kier molecular flexibility index (Phi) is 11.6. The molecular weight excluding hydrogens is 138 g/mol. The van der Waals surface area contributed by atoms with Crippen LogP contribution in [0.3, 0.4) is 0 Å². The van der Waals surface area contributed by atoms with Crippen molar-refractivity contribution in [3.63, 3.8) is 0 Å². The average Bonchev–Trinajstić information content (AvgIpc) is 1.87. The van der Waals surface area contributed by atoms with E-state index in [1.165, 1.54) is 19.3 Å². The molecule has 0 saturated heterocycles. The second kappa shape index (κ2) is 9.63. The zero-order chi connectivity index (χ0) is 7.82. The molecule has 68 valence electrons. The van der Waals surface area contributed by atoms with Crippen LogP contribution in [0, 0.1) is 5.92 Å². The first kappa shape index (κ1) is 13.2. The third kappa shape index (κ3) is 12.8. The Morgan fingerprint density at radius 2 is 1.82 bits per heavy atom. The molecule has 0 aliphatic carbocycles. The van der Waals surface area contributed by atoms with Crippen molar-refractivity contribution in [2.45, 2.75) is 46.0 Å². The molecule has 0 aromatic rings. The minimum atomic E-state index is 0. The molecule has 11 heavy (non-hydrogen) atoms. The van der Waals surface area contributed by atoms with Gasteiger partial charge in [0.15, 0.2) is 0 Å². The van der Waals surface area contributed by atoms with E-state index in [4.69, 9.17) is 0 Å². The molecule has 0 aromatic carbocycles. The lowest BCUT2D eigenvalue weighted by molar-refractivity contribution is -0.107. The number of aldehydes is 1. The van der Waals surface area contributed by atoms with Gasteiger partial charge in [-0.25, -0.2) is 0 Å². The summed E-state index contributed by atoms with van der Waals surface area (Å²) in [5, 5.41) is 0. The topological polar surface area (TPSA) is 52.1 Å². The fourth-order valence-electron chi connectivity index (χ4n) is 0.957. The molecule has 0 unspecified atom stereocenters. The van der Waals surface area contributed by atoms with E-state index in [9.17, 15) is 4.79 Å². The van der Waals surface area contributed by atoms with Crippen LogP contribution in [0.25, 0.3) is 0 Å². The van der Waals surface area contributed by atoms with Crippen molar-refractivity contribution in [2.24, 2.45) is 5.92 Å². The van der Waals surface area contributed by atoms with Crippen molar-refractivity contribution in [3.05, 3.63) is 0 Å². The maximum absolute atomic E-state index is 9.90. The number of hydrogen-bond acceptors (Lipinski definition) is 2. The summed E-state index contributed by atoms with van der Waals surface area (Å²) in [7, 11) is 0. The maximum Gasteiger partial charge on any atom is 0.119 e. The second-order valence-corrected chi connectivity index (χ2v) is 3.20. The van der Waals surface area contributed by atoms with Crippen LogP contribution in [0.1, 0.15) is 46.0 Å². The number of carbonyl (C=O) groups excluding carboxylic acids is 1. The van der Waals surface area contributed by atoms with Gasteiger partial charge in [0.2, 0.25) is 0 Å². The summed E-state index contributed by atoms with van der Waals surface area (Å²) < 4.78 is 0. The molecule has 0 fully saturated rings. The van der Waals surface area contributed by atoms with Crippen LogP contribution in [0.2, 0.25) is 0 Å². The van der Waals surface area contributed by atoms with Gasteiger partial charge in [0, 0.05) is 6.42 Å². The number of carbonyl (C=O) groups is 1. The predicted octanol–water partition coefficient (Wildman–Crippen LogP) is 2.95. The highest BCUT2D eigenvalue weighted by atomic mass is 16.1. The summed E-state index contributed by atoms with van der Waals surface area (Å²) in [5.74, 6) is 0.816. The summed E-state index contributed by atoms with van der Waals surface area (Å²) >= 11 is 0. The van der Waals surface area contributed by atoms with Crippen LogP contribution in [0.4, 0.5) is 0 Å². The predicted molar refractivity (Wildman–Crippen MR) is 49.0 cm³/mol. The summed E-state index contributed by atoms with van der Waals surface area (Å²) in [6, 6.07) is 0. The summed E-state index contributed by atoms with van der Waals surface area (Å²) in [5.41, 5.74) is 0. The van der Waals surface area contributed by atoms with Crippen molar-refractivity contribution in [1.82, 2.24) is 6.15 Å². The number of rotatable bonds is 6. The van der Waals surface area contributed by atoms with E-state index in [1.807, 2.05) is 0 Å². The van der Waals surface area contributed by atoms with Crippen molar-refractivity contribution in [3.8, 4) is 0 Å². The van der Waals surface area contributed by atoms with Crippen molar-refractivity contribution < 1.29 is 4.79 Å². The lowest BCUT2D eigenvalue weighted by Crippen LogP contribution is -1.86. The highest BCUT2D eigenvalue weighted by Gasteiger charge is 1.92. The standard InChI is InChI=1S/C9H18O.H3N/c1-9(2)7-5-3-4-6-8-10;/h8-9H,3-7H2,1-2H3;1H3. The van der Waals surface area contributed by atoms with Crippen LogP contribution in [-0.2, 0) is 4.79 Å². The third-order valence-corrected chi connectivity index (χ3v) is 1.60. The largest absolute Gasteiger partial charge is 0.344 e. The van der Waals surface area contributed by atoms with E-state index in [0.29, 0.717) is 0 Å². The van der Waals surface area contributed by atoms with Crippen LogP contribution < -0.4 is 6.15 Å². The van der Waals surface area contributed by atoms with Gasteiger partial charge in [0.1, 0.15) is 6.29 Å². The zero-order valence-corrected chi connectivity index (χ0v) is 7.81. The van der Waals surface area contributed by atoms with E-state index in [-0.39, 0.29) is 6.15 Å². The molecule has 0 heterocycles. The first-order valence-corrected chi connectivity index (χ1v) is 4.21. The minimum Gasteiger partial charge on any atom is -0.344 e. The molecule has 0 atom stereocenters. The Bertz CT molecular complexity index is 81.6. The third-order valence-electron chi connectivity index (χ3n) is 1.60. The molecule has 0 aromatic heterocycles. The molecule has 2 heteroatoms. The number of hydrogen-bond donors (Lipinski definition) is 1. The van der Waals surface area contributed by atoms with Crippen LogP contribution >= 0.6 is 0 Å². The molecule has 0 saturated carbocycles. The van der Waals surface area contributed by atoms with Gasteiger partial charge in [0.25, 0.3) is 0 Å². The smallest absolute Gasteiger partial charge is 0.119 e. The molecule has 0 rings (SSSR count). The molecule has 0 bridgehead atoms. The molecular formula is C9H21NO. The monoisotopic (exact) mass is 159 g/mol. The highest BCUT2D eigenvalue weighted by Crippen LogP contribution is 2.08. The normalized spacial score (nSPS) is 9.36. The quantitative estimate of drug-likeness (QED) is 0.478. The Labute approximate surface area is 70.0 Å². The maximum atomic E-state index is 9.90. The van der Waals surface area contributed by atoms with Gasteiger partial charge in [-0.1, -0.05) is 33.1 Å². The average molecular weight is 159 g/mol. The van der Waals surface area contributed by atoms with Gasteiger partial charge >= 0.3 is 0 Å². The highest BCUT2D eigenvalue weighted by molar-refractivity contribution is 5.48. The van der Waals surface area contributed by atoms with Crippen LogP contribution in [0.15, 0.2) is 0 Å². The van der Waals surface area contributed by atoms with Crippen molar-refractivity contribution >= 4 is 6.29 Å². The van der Waals surface area contributed by atoms with Crippen molar-refractivity contribution in [2.75, 3.05) is 0 Å². The van der Waals surface area contributed by atoms with Gasteiger partial charge in [-0.3, -0.25) is 0 Å². The minimum absolute atomic E-state index is 0.